The number of nitrogens with zero attached hydrogens (tertiary/aromatic N) is 2. The number of nitrogens with one attached hydrogen (secondary N) is 1. The minimum atomic E-state index is -3.12. The van der Waals surface area contributed by atoms with E-state index in [1.54, 1.807) is 4.90 Å². The number of fused-ring (bicyclic) bond motifs is 1. The summed E-state index contributed by atoms with van der Waals surface area (Å²) < 4.78 is 29.8. The highest BCUT2D eigenvalue weighted by Gasteiger charge is 2.48. The Hall–Kier alpha value is -1.54. The molecule has 1 aromatic heterocycles. The zero-order valence-electron chi connectivity index (χ0n) is 13.5. The fraction of sp³-hybridized carbons (Fsp3) is 0.667. The summed E-state index contributed by atoms with van der Waals surface area (Å²) in [7, 11) is -3.12. The van der Waals surface area contributed by atoms with Crippen molar-refractivity contribution in [3.63, 3.8) is 0 Å². The highest BCUT2D eigenvalue weighted by molar-refractivity contribution is 7.91. The summed E-state index contributed by atoms with van der Waals surface area (Å²) in [4.78, 5) is 16.0. The molecule has 23 heavy (non-hydrogen) atoms. The van der Waals surface area contributed by atoms with Gasteiger partial charge in [-0.25, -0.2) is 13.2 Å². The maximum absolute atomic E-state index is 12.2. The molecular weight excluding hydrogens is 318 g/mol. The molecular formula is C15H23N3O4S. The summed E-state index contributed by atoms with van der Waals surface area (Å²) in [5.74, 6) is 1.82. The van der Waals surface area contributed by atoms with Gasteiger partial charge >= 0.3 is 6.03 Å². The van der Waals surface area contributed by atoms with E-state index in [1.807, 2.05) is 26.0 Å². The number of amides is 2. The Labute approximate surface area is 136 Å². The SMILES string of the molecule is CCNC(=O)N1CCN(Cc2ccc(C)o2)[C@H]2CS(=O)(=O)C[C@H]21. The van der Waals surface area contributed by atoms with Gasteiger partial charge in [0.2, 0.25) is 0 Å². The smallest absolute Gasteiger partial charge is 0.317 e. The van der Waals surface area contributed by atoms with Crippen molar-refractivity contribution in [2.75, 3.05) is 31.1 Å². The van der Waals surface area contributed by atoms with Gasteiger partial charge in [0, 0.05) is 25.7 Å². The number of sulfone groups is 1. The van der Waals surface area contributed by atoms with E-state index >= 15 is 0 Å². The van der Waals surface area contributed by atoms with Gasteiger partial charge in [0.1, 0.15) is 11.5 Å². The highest BCUT2D eigenvalue weighted by atomic mass is 32.2. The van der Waals surface area contributed by atoms with E-state index in [1.165, 1.54) is 0 Å². The van der Waals surface area contributed by atoms with Gasteiger partial charge in [0.25, 0.3) is 0 Å². The molecule has 0 aromatic carbocycles. The molecule has 0 unspecified atom stereocenters. The molecule has 0 saturated carbocycles. The highest BCUT2D eigenvalue weighted by Crippen LogP contribution is 2.28. The van der Waals surface area contributed by atoms with E-state index in [9.17, 15) is 13.2 Å². The van der Waals surface area contributed by atoms with Crippen molar-refractivity contribution in [2.45, 2.75) is 32.5 Å². The summed E-state index contributed by atoms with van der Waals surface area (Å²) in [5.41, 5.74) is 0. The summed E-state index contributed by atoms with van der Waals surface area (Å²) in [6, 6.07) is 3.21. The third-order valence-corrected chi connectivity index (χ3v) is 6.23. The molecule has 2 aliphatic rings. The number of carbonyl (C=O) groups excluding carboxylic acids is 1. The minimum Gasteiger partial charge on any atom is -0.465 e. The zero-order valence-corrected chi connectivity index (χ0v) is 14.3. The number of hydrogen-bond donors (Lipinski definition) is 1. The fourth-order valence-electron chi connectivity index (χ4n) is 3.50. The normalized spacial score (nSPS) is 27.0. The molecule has 0 radical (unpaired) electrons. The van der Waals surface area contributed by atoms with E-state index in [-0.39, 0.29) is 29.6 Å². The maximum Gasteiger partial charge on any atom is 0.317 e. The number of aryl methyl sites for hydroxylation is 1. The van der Waals surface area contributed by atoms with Crippen LogP contribution in [0, 0.1) is 6.92 Å². The fourth-order valence-corrected chi connectivity index (χ4v) is 5.51. The summed E-state index contributed by atoms with van der Waals surface area (Å²) in [6.07, 6.45) is 0. The largest absolute Gasteiger partial charge is 0.465 e. The van der Waals surface area contributed by atoms with Gasteiger partial charge in [-0.05, 0) is 26.0 Å². The summed E-state index contributed by atoms with van der Waals surface area (Å²) in [5, 5.41) is 2.78. The number of piperazine rings is 1. The van der Waals surface area contributed by atoms with E-state index in [0.717, 1.165) is 11.5 Å². The van der Waals surface area contributed by atoms with Crippen LogP contribution in [0.1, 0.15) is 18.4 Å². The van der Waals surface area contributed by atoms with Crippen LogP contribution in [0.25, 0.3) is 0 Å². The van der Waals surface area contributed by atoms with Gasteiger partial charge in [0.05, 0.1) is 24.1 Å². The van der Waals surface area contributed by atoms with Crippen molar-refractivity contribution in [3.8, 4) is 0 Å². The van der Waals surface area contributed by atoms with Gasteiger partial charge in [-0.2, -0.15) is 0 Å². The monoisotopic (exact) mass is 341 g/mol. The molecule has 2 fully saturated rings. The van der Waals surface area contributed by atoms with Crippen molar-refractivity contribution in [1.29, 1.82) is 0 Å². The Balaban J connectivity index is 1.79. The maximum atomic E-state index is 12.2. The zero-order chi connectivity index (χ0) is 16.6. The van der Waals surface area contributed by atoms with Crippen LogP contribution in [0.3, 0.4) is 0 Å². The van der Waals surface area contributed by atoms with Gasteiger partial charge in [0.15, 0.2) is 9.84 Å². The number of furan rings is 1. The lowest BCUT2D eigenvalue weighted by Gasteiger charge is -2.43. The number of hydrogen-bond acceptors (Lipinski definition) is 5. The van der Waals surface area contributed by atoms with Crippen LogP contribution in [0.2, 0.25) is 0 Å². The van der Waals surface area contributed by atoms with Crippen molar-refractivity contribution in [3.05, 3.63) is 23.7 Å². The van der Waals surface area contributed by atoms with Crippen LogP contribution < -0.4 is 5.32 Å². The molecule has 7 nitrogen and oxygen atoms in total. The Morgan fingerprint density at radius 2 is 2.04 bits per heavy atom. The van der Waals surface area contributed by atoms with Crippen LogP contribution >= 0.6 is 0 Å². The van der Waals surface area contributed by atoms with Crippen molar-refractivity contribution >= 4 is 15.9 Å². The average Bonchev–Trinajstić information content (AvgIpc) is 3.01. The Kier molecular flexibility index (Phi) is 4.37. The van der Waals surface area contributed by atoms with Crippen LogP contribution in [0.15, 0.2) is 16.5 Å². The lowest BCUT2D eigenvalue weighted by atomic mass is 10.0. The number of urea groups is 1. The Morgan fingerprint density at radius 3 is 2.70 bits per heavy atom. The molecule has 2 atom stereocenters. The molecule has 1 aromatic rings. The minimum absolute atomic E-state index is 0.0441. The third kappa shape index (κ3) is 3.37. The van der Waals surface area contributed by atoms with E-state index in [4.69, 9.17) is 4.42 Å². The molecule has 3 heterocycles. The molecule has 8 heteroatoms. The molecule has 128 valence electrons. The second kappa shape index (κ2) is 6.16. The Bertz CT molecular complexity index is 685. The second-order valence-electron chi connectivity index (χ2n) is 6.22. The third-order valence-electron chi connectivity index (χ3n) is 4.53. The predicted molar refractivity (Wildman–Crippen MR) is 85.9 cm³/mol. The lowest BCUT2D eigenvalue weighted by molar-refractivity contribution is 0.0563. The van der Waals surface area contributed by atoms with E-state index < -0.39 is 9.84 Å². The molecule has 0 bridgehead atoms. The predicted octanol–water partition coefficient (Wildman–Crippen LogP) is 0.601. The molecule has 2 amide bonds. The first-order valence-corrected chi connectivity index (χ1v) is 9.76. The first kappa shape index (κ1) is 16.3. The topological polar surface area (TPSA) is 82.9 Å². The summed E-state index contributed by atoms with van der Waals surface area (Å²) in [6.45, 7) is 6.04. The van der Waals surface area contributed by atoms with Gasteiger partial charge in [-0.3, -0.25) is 4.90 Å². The van der Waals surface area contributed by atoms with Gasteiger partial charge < -0.3 is 14.6 Å². The van der Waals surface area contributed by atoms with E-state index in [2.05, 4.69) is 10.2 Å². The molecule has 3 rings (SSSR count). The van der Waals surface area contributed by atoms with Gasteiger partial charge in [-0.1, -0.05) is 0 Å². The quantitative estimate of drug-likeness (QED) is 0.870. The van der Waals surface area contributed by atoms with Crippen LogP contribution in [-0.2, 0) is 16.4 Å². The van der Waals surface area contributed by atoms with Crippen LogP contribution in [-0.4, -0.2) is 67.5 Å². The average molecular weight is 341 g/mol. The molecule has 1 N–H and O–H groups in total. The van der Waals surface area contributed by atoms with Gasteiger partial charge in [-0.15, -0.1) is 0 Å². The van der Waals surface area contributed by atoms with Crippen molar-refractivity contribution in [1.82, 2.24) is 15.1 Å². The first-order valence-electron chi connectivity index (χ1n) is 7.94. The lowest BCUT2D eigenvalue weighted by Crippen LogP contribution is -2.61. The van der Waals surface area contributed by atoms with E-state index in [0.29, 0.717) is 26.2 Å². The molecule has 0 spiro atoms. The molecule has 2 saturated heterocycles. The molecule has 0 aliphatic carbocycles. The number of carbonyl (C=O) groups is 1. The summed E-state index contributed by atoms with van der Waals surface area (Å²) >= 11 is 0. The van der Waals surface area contributed by atoms with Crippen LogP contribution in [0.4, 0.5) is 4.79 Å². The second-order valence-corrected chi connectivity index (χ2v) is 8.38. The molecule has 2 aliphatic heterocycles. The first-order chi connectivity index (χ1) is 10.9. The van der Waals surface area contributed by atoms with Crippen molar-refractivity contribution < 1.29 is 17.6 Å². The standard InChI is InChI=1S/C15H23N3O4S/c1-3-16-15(19)18-7-6-17(8-12-5-4-11(2)22-12)13-9-23(20,21)10-14(13)18/h4-5,13-14H,3,6-10H2,1-2H3,(H,16,19)/t13-,14+/m0/s1. The van der Waals surface area contributed by atoms with Crippen molar-refractivity contribution in [2.24, 2.45) is 0 Å². The number of rotatable bonds is 3. The van der Waals surface area contributed by atoms with Crippen LogP contribution in [0.5, 0.6) is 0 Å². The Morgan fingerprint density at radius 1 is 1.30 bits per heavy atom.